The van der Waals surface area contributed by atoms with E-state index in [2.05, 4.69) is 16.0 Å². The molecule has 0 unspecified atom stereocenters. The van der Waals surface area contributed by atoms with Gasteiger partial charge in [0.2, 0.25) is 0 Å². The van der Waals surface area contributed by atoms with Crippen molar-refractivity contribution in [2.24, 2.45) is 9.98 Å². The van der Waals surface area contributed by atoms with Gasteiger partial charge < -0.3 is 0 Å². The van der Waals surface area contributed by atoms with Crippen molar-refractivity contribution in [2.75, 3.05) is 13.1 Å². The van der Waals surface area contributed by atoms with Crippen LogP contribution in [-0.2, 0) is 0 Å². The molecule has 15 heavy (non-hydrogen) atoms. The van der Waals surface area contributed by atoms with Crippen molar-refractivity contribution in [1.29, 1.82) is 0 Å². The molecule has 2 nitrogen and oxygen atoms in total. The summed E-state index contributed by atoms with van der Waals surface area (Å²) in [7, 11) is 0. The van der Waals surface area contributed by atoms with E-state index in [1.807, 2.05) is 0 Å². The lowest BCUT2D eigenvalue weighted by atomic mass is 10.5. The van der Waals surface area contributed by atoms with Gasteiger partial charge in [-0.15, -0.1) is 0 Å². The van der Waals surface area contributed by atoms with E-state index in [-0.39, 0.29) is 0 Å². The third kappa shape index (κ3) is 15.1. The molecule has 0 atom stereocenters. The smallest absolute Gasteiger partial charge is 0.192 e. The first-order chi connectivity index (χ1) is 6.71. The average Bonchev–Trinajstić information content (AvgIpc) is 1.98. The van der Waals surface area contributed by atoms with E-state index in [0.29, 0.717) is 25.9 Å². The van der Waals surface area contributed by atoms with Gasteiger partial charge in [0.15, 0.2) is 7.59 Å². The molecular weight excluding hydrogens is 325 g/mol. The molecule has 88 valence electrons. The molecule has 0 heterocycles. The van der Waals surface area contributed by atoms with Crippen LogP contribution in [-0.4, -0.2) is 26.7 Å². The van der Waals surface area contributed by atoms with Crippen molar-refractivity contribution < 1.29 is 0 Å². The second kappa shape index (κ2) is 7.45. The molecule has 0 radical (unpaired) electrons. The lowest BCUT2D eigenvalue weighted by molar-refractivity contribution is 0.853. The van der Waals surface area contributed by atoms with Crippen LogP contribution >= 0.6 is 69.6 Å². The van der Waals surface area contributed by atoms with Crippen LogP contribution in [0.4, 0.5) is 0 Å². The third-order valence-electron chi connectivity index (χ3n) is 1.16. The fourth-order valence-electron chi connectivity index (χ4n) is 0.515. The first-order valence-electron chi connectivity index (χ1n) is 3.92. The normalized spacial score (nSPS) is 12.1. The molecule has 0 aromatic carbocycles. The van der Waals surface area contributed by atoms with Gasteiger partial charge in [0.1, 0.15) is 0 Å². The van der Waals surface area contributed by atoms with Gasteiger partial charge in [-0.3, -0.25) is 0 Å². The maximum atomic E-state index is 5.49. The van der Waals surface area contributed by atoms with E-state index in [1.54, 1.807) is 0 Å². The predicted molar refractivity (Wildman–Crippen MR) is 69.4 cm³/mol. The number of halogens is 6. The molecule has 0 bridgehead atoms. The van der Waals surface area contributed by atoms with Gasteiger partial charge in [-0.1, -0.05) is 69.6 Å². The first kappa shape index (κ1) is 16.1. The molecule has 0 aliphatic heterocycles. The molecule has 0 aliphatic carbocycles. The van der Waals surface area contributed by atoms with E-state index < -0.39 is 7.59 Å². The topological polar surface area (TPSA) is 24.7 Å². The lowest BCUT2D eigenvalue weighted by Gasteiger charge is -2.06. The zero-order chi connectivity index (χ0) is 11.9. The largest absolute Gasteiger partial charge is 0.226 e. The van der Waals surface area contributed by atoms with Crippen LogP contribution in [0.3, 0.4) is 0 Å². The number of rotatable bonds is 4. The first-order valence-corrected chi connectivity index (χ1v) is 6.19. The van der Waals surface area contributed by atoms with Gasteiger partial charge in [-0.25, -0.2) is 9.98 Å². The highest BCUT2D eigenvalue weighted by atomic mass is 35.6. The van der Waals surface area contributed by atoms with Crippen LogP contribution in [0.2, 0.25) is 0 Å². The summed E-state index contributed by atoms with van der Waals surface area (Å²) in [5.41, 5.74) is 0. The van der Waals surface area contributed by atoms with E-state index >= 15 is 0 Å². The van der Waals surface area contributed by atoms with Gasteiger partial charge in [0, 0.05) is 12.8 Å². The van der Waals surface area contributed by atoms with Gasteiger partial charge in [0.25, 0.3) is 0 Å². The van der Waals surface area contributed by atoms with E-state index in [0.717, 1.165) is 0 Å². The standard InChI is InChI=1S/C7H8Cl6N2/c8-6(9,10)1-3-14-5-15-4-2-7(11,12)13/h1-4H2. The molecule has 0 spiro atoms. The minimum atomic E-state index is -1.29. The van der Waals surface area contributed by atoms with Crippen LogP contribution in [0.25, 0.3) is 0 Å². The maximum absolute atomic E-state index is 5.49. The second-order valence-corrected chi connectivity index (χ2v) is 7.63. The van der Waals surface area contributed by atoms with Gasteiger partial charge in [0.05, 0.1) is 19.1 Å². The molecule has 0 saturated carbocycles. The Morgan fingerprint density at radius 1 is 0.733 bits per heavy atom. The van der Waals surface area contributed by atoms with Gasteiger partial charge in [-0.2, -0.15) is 0 Å². The van der Waals surface area contributed by atoms with Crippen LogP contribution in [0.1, 0.15) is 12.8 Å². The number of hydrogen-bond donors (Lipinski definition) is 0. The Bertz CT molecular complexity index is 213. The fraction of sp³-hybridized carbons (Fsp3) is 0.857. The summed E-state index contributed by atoms with van der Waals surface area (Å²) in [5, 5.41) is 0. The highest BCUT2D eigenvalue weighted by molar-refractivity contribution is 6.67. The van der Waals surface area contributed by atoms with Crippen LogP contribution in [0.5, 0.6) is 0 Å². The summed E-state index contributed by atoms with van der Waals surface area (Å²) in [6.07, 6.45) is 0.620. The van der Waals surface area contributed by atoms with Crippen molar-refractivity contribution >= 4 is 75.6 Å². The average molecular weight is 333 g/mol. The summed E-state index contributed by atoms with van der Waals surface area (Å²) in [6, 6.07) is 2.43. The second-order valence-electron chi connectivity index (χ2n) is 2.59. The van der Waals surface area contributed by atoms with E-state index in [4.69, 9.17) is 69.6 Å². The zero-order valence-corrected chi connectivity index (χ0v) is 12.0. The zero-order valence-electron chi connectivity index (χ0n) is 7.49. The molecular formula is C7H8Cl6N2. The SMILES string of the molecule is ClC(Cl)(Cl)CCN=C=NCCC(Cl)(Cl)Cl. The minimum Gasteiger partial charge on any atom is -0.226 e. The van der Waals surface area contributed by atoms with Crippen molar-refractivity contribution in [1.82, 2.24) is 0 Å². The quantitative estimate of drug-likeness (QED) is 0.527. The summed E-state index contributed by atoms with van der Waals surface area (Å²) < 4.78 is -2.58. The van der Waals surface area contributed by atoms with Crippen molar-refractivity contribution in [3.05, 3.63) is 0 Å². The Hall–Kier alpha value is 1.12. The molecule has 0 fully saturated rings. The van der Waals surface area contributed by atoms with Crippen molar-refractivity contribution in [3.8, 4) is 0 Å². The Balaban J connectivity index is 3.65. The Kier molecular flexibility index (Phi) is 8.00. The van der Waals surface area contributed by atoms with Crippen molar-refractivity contribution in [3.63, 3.8) is 0 Å². The third-order valence-corrected chi connectivity index (χ3v) is 2.29. The Labute approximate surface area is 119 Å². The molecule has 0 amide bonds. The number of alkyl halides is 6. The number of hydrogen-bond acceptors (Lipinski definition) is 2. The molecule has 0 aromatic heterocycles. The lowest BCUT2D eigenvalue weighted by Crippen LogP contribution is -2.04. The summed E-state index contributed by atoms with van der Waals surface area (Å²) in [6.45, 7) is 0.682. The molecule has 8 heteroatoms. The Morgan fingerprint density at radius 3 is 1.33 bits per heavy atom. The molecule has 0 N–H and O–H groups in total. The summed E-state index contributed by atoms with van der Waals surface area (Å²) >= 11 is 33.0. The van der Waals surface area contributed by atoms with Crippen molar-refractivity contribution in [2.45, 2.75) is 20.4 Å². The Morgan fingerprint density at radius 2 is 1.07 bits per heavy atom. The molecule has 0 rings (SSSR count). The number of aliphatic imine (C=N–C) groups is 2. The highest BCUT2D eigenvalue weighted by Gasteiger charge is 2.18. The summed E-state index contributed by atoms with van der Waals surface area (Å²) in [4.78, 5) is 7.55. The van der Waals surface area contributed by atoms with Crippen LogP contribution in [0, 0.1) is 0 Å². The van der Waals surface area contributed by atoms with Gasteiger partial charge in [-0.05, 0) is 0 Å². The monoisotopic (exact) mass is 330 g/mol. The molecule has 0 aromatic rings. The van der Waals surface area contributed by atoms with Crippen LogP contribution in [0.15, 0.2) is 9.98 Å². The fourth-order valence-corrected chi connectivity index (χ4v) is 1.02. The number of nitrogens with zero attached hydrogens (tertiary/aromatic N) is 2. The molecule has 0 aliphatic rings. The maximum Gasteiger partial charge on any atom is 0.192 e. The van der Waals surface area contributed by atoms with Crippen LogP contribution < -0.4 is 0 Å². The highest BCUT2D eigenvalue weighted by Crippen LogP contribution is 2.30. The molecule has 0 saturated heterocycles. The minimum absolute atomic E-state index is 0.310. The van der Waals surface area contributed by atoms with E-state index in [1.165, 1.54) is 0 Å². The van der Waals surface area contributed by atoms with Gasteiger partial charge >= 0.3 is 0 Å². The predicted octanol–water partition coefficient (Wildman–Crippen LogP) is 4.68. The van der Waals surface area contributed by atoms with E-state index in [9.17, 15) is 0 Å². The summed E-state index contributed by atoms with van der Waals surface area (Å²) in [5.74, 6) is 0.